The molecule has 0 saturated carbocycles. The predicted molar refractivity (Wildman–Crippen MR) is 85.0 cm³/mol. The molecule has 1 atom stereocenters. The van der Waals surface area contributed by atoms with Crippen LogP contribution < -0.4 is 0 Å². The van der Waals surface area contributed by atoms with Crippen molar-refractivity contribution in [3.63, 3.8) is 0 Å². The summed E-state index contributed by atoms with van der Waals surface area (Å²) in [6.45, 7) is 3.87. The van der Waals surface area contributed by atoms with Crippen LogP contribution >= 0.6 is 23.2 Å². The van der Waals surface area contributed by atoms with E-state index in [1.165, 1.54) is 6.07 Å². The summed E-state index contributed by atoms with van der Waals surface area (Å²) < 4.78 is 15.3. The normalized spacial score (nSPS) is 12.8. The van der Waals surface area contributed by atoms with Crippen molar-refractivity contribution in [2.75, 3.05) is 0 Å². The number of nitrogens with zero attached hydrogens (tertiary/aromatic N) is 2. The molecule has 0 N–H and O–H groups in total. The molecule has 108 valence electrons. The third-order valence-electron chi connectivity index (χ3n) is 3.35. The van der Waals surface area contributed by atoms with Gasteiger partial charge >= 0.3 is 0 Å². The molecule has 0 amide bonds. The summed E-state index contributed by atoms with van der Waals surface area (Å²) in [5, 5.41) is -0.198. The minimum atomic E-state index is -0.443. The number of imidazole rings is 1. The Morgan fingerprint density at radius 3 is 2.62 bits per heavy atom. The Balaban J connectivity index is 2.33. The zero-order valence-corrected chi connectivity index (χ0v) is 13.1. The van der Waals surface area contributed by atoms with E-state index in [2.05, 4.69) is 4.98 Å². The first-order valence-corrected chi connectivity index (χ1v) is 7.37. The van der Waals surface area contributed by atoms with Crippen LogP contribution in [-0.4, -0.2) is 9.55 Å². The SMILES string of the molecule is Cc1ccc2c(c1)nc(C(C)Cl)n2-c1ccc(F)c(Cl)c1. The number of fused-ring (bicyclic) bond motifs is 1. The second-order valence-corrected chi connectivity index (χ2v) is 6.07. The lowest BCUT2D eigenvalue weighted by molar-refractivity contribution is 0.627. The lowest BCUT2D eigenvalue weighted by Gasteiger charge is -2.11. The standard InChI is InChI=1S/C16H13Cl2FN2/c1-9-3-6-15-14(7-9)20-16(10(2)17)21(15)11-4-5-13(19)12(18)8-11/h3-8,10H,1-2H3. The van der Waals surface area contributed by atoms with Crippen LogP contribution in [0.3, 0.4) is 0 Å². The molecule has 0 aliphatic carbocycles. The minimum Gasteiger partial charge on any atom is -0.295 e. The zero-order chi connectivity index (χ0) is 15.1. The van der Waals surface area contributed by atoms with E-state index < -0.39 is 5.82 Å². The molecule has 3 rings (SSSR count). The first-order valence-electron chi connectivity index (χ1n) is 6.56. The average molecular weight is 323 g/mol. The van der Waals surface area contributed by atoms with Crippen molar-refractivity contribution >= 4 is 34.2 Å². The van der Waals surface area contributed by atoms with Gasteiger partial charge in [-0.1, -0.05) is 17.7 Å². The van der Waals surface area contributed by atoms with E-state index in [4.69, 9.17) is 23.2 Å². The topological polar surface area (TPSA) is 17.8 Å². The molecule has 1 aromatic heterocycles. The summed E-state index contributed by atoms with van der Waals surface area (Å²) >= 11 is 12.1. The second-order valence-electron chi connectivity index (χ2n) is 5.01. The van der Waals surface area contributed by atoms with Gasteiger partial charge in [0.2, 0.25) is 0 Å². The molecule has 21 heavy (non-hydrogen) atoms. The molecule has 3 aromatic rings. The van der Waals surface area contributed by atoms with Crippen LogP contribution in [0.5, 0.6) is 0 Å². The van der Waals surface area contributed by atoms with Crippen molar-refractivity contribution in [2.24, 2.45) is 0 Å². The number of hydrogen-bond acceptors (Lipinski definition) is 1. The first kappa shape index (κ1) is 14.4. The molecular formula is C16H13Cl2FN2. The Kier molecular flexibility index (Phi) is 3.64. The fourth-order valence-electron chi connectivity index (χ4n) is 2.37. The molecule has 0 spiro atoms. The maximum atomic E-state index is 13.4. The molecule has 0 radical (unpaired) electrons. The van der Waals surface area contributed by atoms with Crippen molar-refractivity contribution in [3.8, 4) is 5.69 Å². The Morgan fingerprint density at radius 2 is 1.95 bits per heavy atom. The maximum absolute atomic E-state index is 13.4. The van der Waals surface area contributed by atoms with Crippen LogP contribution in [0.1, 0.15) is 23.7 Å². The first-order chi connectivity index (χ1) is 9.97. The number of aryl methyl sites for hydroxylation is 1. The average Bonchev–Trinajstić information content (AvgIpc) is 2.80. The van der Waals surface area contributed by atoms with E-state index in [9.17, 15) is 4.39 Å². The van der Waals surface area contributed by atoms with Crippen LogP contribution in [0.4, 0.5) is 4.39 Å². The highest BCUT2D eigenvalue weighted by atomic mass is 35.5. The lowest BCUT2D eigenvalue weighted by Crippen LogP contribution is -2.02. The number of halogens is 3. The number of rotatable bonds is 2. The van der Waals surface area contributed by atoms with Crippen LogP contribution in [-0.2, 0) is 0 Å². The number of benzene rings is 2. The van der Waals surface area contributed by atoms with E-state index in [1.54, 1.807) is 12.1 Å². The van der Waals surface area contributed by atoms with Gasteiger partial charge in [-0.05, 0) is 49.7 Å². The van der Waals surface area contributed by atoms with Gasteiger partial charge in [0.1, 0.15) is 11.6 Å². The molecule has 2 nitrogen and oxygen atoms in total. The van der Waals surface area contributed by atoms with Crippen LogP contribution in [0.15, 0.2) is 36.4 Å². The van der Waals surface area contributed by atoms with Crippen LogP contribution in [0, 0.1) is 12.7 Å². The Morgan fingerprint density at radius 1 is 1.19 bits per heavy atom. The second kappa shape index (κ2) is 5.32. The van der Waals surface area contributed by atoms with Crippen molar-refractivity contribution < 1.29 is 4.39 Å². The summed E-state index contributed by atoms with van der Waals surface area (Å²) in [6.07, 6.45) is 0. The van der Waals surface area contributed by atoms with Crippen molar-refractivity contribution in [3.05, 3.63) is 58.6 Å². The zero-order valence-electron chi connectivity index (χ0n) is 11.6. The van der Waals surface area contributed by atoms with Crippen molar-refractivity contribution in [1.82, 2.24) is 9.55 Å². The molecule has 1 heterocycles. The molecule has 0 aliphatic rings. The molecule has 1 unspecified atom stereocenters. The maximum Gasteiger partial charge on any atom is 0.141 e. The van der Waals surface area contributed by atoms with Gasteiger partial charge in [-0.15, -0.1) is 11.6 Å². The third-order valence-corrected chi connectivity index (χ3v) is 3.84. The summed E-state index contributed by atoms with van der Waals surface area (Å²) in [5.74, 6) is 0.265. The number of hydrogen-bond donors (Lipinski definition) is 0. The van der Waals surface area contributed by atoms with E-state index in [-0.39, 0.29) is 10.4 Å². The summed E-state index contributed by atoms with van der Waals surface area (Å²) in [5.41, 5.74) is 3.65. The molecular weight excluding hydrogens is 310 g/mol. The monoisotopic (exact) mass is 322 g/mol. The predicted octanol–water partition coefficient (Wildman–Crippen LogP) is 5.43. The largest absolute Gasteiger partial charge is 0.295 e. The fourth-order valence-corrected chi connectivity index (χ4v) is 2.69. The lowest BCUT2D eigenvalue weighted by atomic mass is 10.2. The van der Waals surface area contributed by atoms with E-state index in [0.717, 1.165) is 22.3 Å². The highest BCUT2D eigenvalue weighted by Gasteiger charge is 2.17. The smallest absolute Gasteiger partial charge is 0.141 e. The van der Waals surface area contributed by atoms with E-state index >= 15 is 0 Å². The summed E-state index contributed by atoms with van der Waals surface area (Å²) in [4.78, 5) is 4.60. The molecule has 0 fully saturated rings. The van der Waals surface area contributed by atoms with Gasteiger partial charge in [0.05, 0.1) is 21.4 Å². The van der Waals surface area contributed by atoms with Gasteiger partial charge in [0, 0.05) is 5.69 Å². The van der Waals surface area contributed by atoms with Crippen LogP contribution in [0.2, 0.25) is 5.02 Å². The highest BCUT2D eigenvalue weighted by molar-refractivity contribution is 6.30. The quantitative estimate of drug-likeness (QED) is 0.575. The van der Waals surface area contributed by atoms with Crippen molar-refractivity contribution in [1.29, 1.82) is 0 Å². The Labute approximate surface area is 132 Å². The number of aromatic nitrogens is 2. The van der Waals surface area contributed by atoms with Crippen molar-refractivity contribution in [2.45, 2.75) is 19.2 Å². The van der Waals surface area contributed by atoms with Crippen LogP contribution in [0.25, 0.3) is 16.7 Å². The van der Waals surface area contributed by atoms with Gasteiger partial charge in [-0.3, -0.25) is 4.57 Å². The molecule has 0 saturated heterocycles. The molecule has 0 aliphatic heterocycles. The van der Waals surface area contributed by atoms with Gasteiger partial charge in [-0.2, -0.15) is 0 Å². The summed E-state index contributed by atoms with van der Waals surface area (Å²) in [7, 11) is 0. The van der Waals surface area contributed by atoms with Gasteiger partial charge in [-0.25, -0.2) is 9.37 Å². The molecule has 2 aromatic carbocycles. The van der Waals surface area contributed by atoms with Gasteiger partial charge in [0.15, 0.2) is 0 Å². The molecule has 5 heteroatoms. The summed E-state index contributed by atoms with van der Waals surface area (Å²) in [6, 6.07) is 10.6. The Bertz CT molecular complexity index is 825. The highest BCUT2D eigenvalue weighted by Crippen LogP contribution is 2.30. The Hall–Kier alpha value is -1.58. The number of alkyl halides is 1. The fraction of sp³-hybridized carbons (Fsp3) is 0.188. The van der Waals surface area contributed by atoms with E-state index in [0.29, 0.717) is 5.82 Å². The molecule has 0 bridgehead atoms. The van der Waals surface area contributed by atoms with Gasteiger partial charge in [0.25, 0.3) is 0 Å². The third kappa shape index (κ3) is 2.52. The minimum absolute atomic E-state index is 0.0784. The van der Waals surface area contributed by atoms with Gasteiger partial charge < -0.3 is 0 Å². The van der Waals surface area contributed by atoms with E-state index in [1.807, 2.05) is 36.6 Å².